The van der Waals surface area contributed by atoms with Crippen LogP contribution >= 0.6 is 23.2 Å². The first-order chi connectivity index (χ1) is 13.4. The summed E-state index contributed by atoms with van der Waals surface area (Å²) in [6.07, 6.45) is 1.42. The summed E-state index contributed by atoms with van der Waals surface area (Å²) in [4.78, 5) is 17.8. The molecule has 0 spiro atoms. The van der Waals surface area contributed by atoms with Gasteiger partial charge in [-0.15, -0.1) is 0 Å². The lowest BCUT2D eigenvalue weighted by Crippen LogP contribution is -2.20. The van der Waals surface area contributed by atoms with E-state index in [1.54, 1.807) is 25.2 Å². The highest BCUT2D eigenvalue weighted by Gasteiger charge is 2.17. The molecule has 0 atom stereocenters. The van der Waals surface area contributed by atoms with Crippen LogP contribution in [0.1, 0.15) is 29.2 Å². The minimum Gasteiger partial charge on any atom is -0.504 e. The average Bonchev–Trinajstić information content (AvgIpc) is 2.66. The maximum atomic E-state index is 12.2. The summed E-state index contributed by atoms with van der Waals surface area (Å²) in [6, 6.07) is 10.9. The zero-order chi connectivity index (χ0) is 20.7. The van der Waals surface area contributed by atoms with Crippen LogP contribution in [-0.2, 0) is 21.0 Å². The van der Waals surface area contributed by atoms with Gasteiger partial charge in [-0.2, -0.15) is 0 Å². The van der Waals surface area contributed by atoms with Crippen molar-refractivity contribution in [2.75, 3.05) is 14.2 Å². The van der Waals surface area contributed by atoms with E-state index in [0.29, 0.717) is 21.3 Å². The van der Waals surface area contributed by atoms with Crippen molar-refractivity contribution in [2.24, 2.45) is 5.16 Å². The van der Waals surface area contributed by atoms with E-state index in [-0.39, 0.29) is 12.5 Å². The van der Waals surface area contributed by atoms with Gasteiger partial charge >= 0.3 is 0 Å². The van der Waals surface area contributed by atoms with Gasteiger partial charge in [-0.05, 0) is 43.2 Å². The van der Waals surface area contributed by atoms with Crippen molar-refractivity contribution in [1.82, 2.24) is 5.32 Å². The number of ether oxygens (including phenoxy) is 1. The number of methoxy groups -OCH3 is 1. The summed E-state index contributed by atoms with van der Waals surface area (Å²) in [6.45, 7) is 3.94. The Morgan fingerprint density at radius 2 is 1.89 bits per heavy atom. The summed E-state index contributed by atoms with van der Waals surface area (Å²) in [5.74, 6) is -0.248. The van der Waals surface area contributed by atoms with Crippen molar-refractivity contribution < 1.29 is 14.4 Å². The van der Waals surface area contributed by atoms with Crippen molar-refractivity contribution in [1.29, 1.82) is 0 Å². The molecule has 1 N–H and O–H groups in total. The number of carbonyl (C=O) groups excluding carboxylic acids is 1. The number of nitrogens with zero attached hydrogens (tertiary/aromatic N) is 1. The first-order valence-corrected chi connectivity index (χ1v) is 9.30. The predicted molar refractivity (Wildman–Crippen MR) is 114 cm³/mol. The van der Waals surface area contributed by atoms with E-state index in [4.69, 9.17) is 32.8 Å². The summed E-state index contributed by atoms with van der Waals surface area (Å²) < 4.78 is 5.08. The molecule has 0 aliphatic rings. The van der Waals surface area contributed by atoms with E-state index in [2.05, 4.69) is 10.5 Å². The van der Waals surface area contributed by atoms with Gasteiger partial charge in [-0.25, -0.2) is 0 Å². The summed E-state index contributed by atoms with van der Waals surface area (Å²) >= 11 is 12.1. The number of nitrogens with one attached hydrogen (secondary N) is 1. The molecule has 0 saturated carbocycles. The topological polar surface area (TPSA) is 59.9 Å². The molecular formula is C21H22Cl2N2O3. The van der Waals surface area contributed by atoms with E-state index in [9.17, 15) is 4.79 Å². The predicted octanol–water partition coefficient (Wildman–Crippen LogP) is 4.98. The fourth-order valence-corrected chi connectivity index (χ4v) is 3.17. The SMILES string of the molecule is CNC(=O)/C(=C/OC)c1cccc(C)c1CO/N=C(\C)c1cc(Cl)cc(Cl)c1. The highest BCUT2D eigenvalue weighted by molar-refractivity contribution is 6.35. The second kappa shape index (κ2) is 10.2. The van der Waals surface area contributed by atoms with Crippen LogP contribution < -0.4 is 5.32 Å². The molecule has 0 unspecified atom stereocenters. The van der Waals surface area contributed by atoms with Crippen LogP contribution in [0.2, 0.25) is 10.0 Å². The standard InChI is InChI=1S/C21H22Cl2N2O3/c1-13-6-5-7-18(20(11-27-4)21(26)24-3)19(13)12-28-25-14(2)15-8-16(22)10-17(23)9-15/h5-11H,12H2,1-4H3,(H,24,26)/b20-11+,25-14+. The number of oxime groups is 1. The minimum atomic E-state index is -0.248. The largest absolute Gasteiger partial charge is 0.504 e. The Bertz CT molecular complexity index is 904. The number of benzene rings is 2. The van der Waals surface area contributed by atoms with Crippen LogP contribution in [0.5, 0.6) is 0 Å². The van der Waals surface area contributed by atoms with Crippen LogP contribution in [0.4, 0.5) is 0 Å². The Morgan fingerprint density at radius 1 is 1.21 bits per heavy atom. The molecule has 0 fully saturated rings. The van der Waals surface area contributed by atoms with Crippen molar-refractivity contribution in [3.05, 3.63) is 75.0 Å². The second-order valence-corrected chi connectivity index (χ2v) is 6.93. The van der Waals surface area contributed by atoms with E-state index < -0.39 is 0 Å². The molecule has 5 nitrogen and oxygen atoms in total. The van der Waals surface area contributed by atoms with Crippen molar-refractivity contribution in [2.45, 2.75) is 20.5 Å². The maximum absolute atomic E-state index is 12.2. The molecule has 2 aromatic carbocycles. The zero-order valence-electron chi connectivity index (χ0n) is 16.2. The van der Waals surface area contributed by atoms with Crippen LogP contribution in [0, 0.1) is 6.92 Å². The Balaban J connectivity index is 2.29. The van der Waals surface area contributed by atoms with Gasteiger partial charge in [0.05, 0.1) is 24.7 Å². The fourth-order valence-electron chi connectivity index (χ4n) is 2.65. The molecule has 0 aliphatic heterocycles. The number of amides is 1. The monoisotopic (exact) mass is 420 g/mol. The van der Waals surface area contributed by atoms with Gasteiger partial charge < -0.3 is 14.9 Å². The molecular weight excluding hydrogens is 399 g/mol. The number of carbonyl (C=O) groups is 1. The Morgan fingerprint density at radius 3 is 2.50 bits per heavy atom. The minimum absolute atomic E-state index is 0.186. The second-order valence-electron chi connectivity index (χ2n) is 6.06. The Kier molecular flexibility index (Phi) is 7.91. The van der Waals surface area contributed by atoms with Crippen molar-refractivity contribution in [3.8, 4) is 0 Å². The average molecular weight is 421 g/mol. The summed E-state index contributed by atoms with van der Waals surface area (Å²) in [7, 11) is 3.07. The number of hydrogen-bond donors (Lipinski definition) is 1. The van der Waals surface area contributed by atoms with Crippen molar-refractivity contribution >= 4 is 40.4 Å². The molecule has 2 aromatic rings. The molecule has 0 saturated heterocycles. The molecule has 0 aromatic heterocycles. The third-order valence-electron chi connectivity index (χ3n) is 4.10. The van der Waals surface area contributed by atoms with Crippen LogP contribution in [0.25, 0.3) is 5.57 Å². The molecule has 28 heavy (non-hydrogen) atoms. The highest BCUT2D eigenvalue weighted by Crippen LogP contribution is 2.24. The molecule has 2 rings (SSSR count). The molecule has 7 heteroatoms. The molecule has 148 valence electrons. The number of rotatable bonds is 7. The van der Waals surface area contributed by atoms with E-state index in [1.807, 2.05) is 32.0 Å². The van der Waals surface area contributed by atoms with Gasteiger partial charge in [-0.3, -0.25) is 4.79 Å². The first-order valence-electron chi connectivity index (χ1n) is 8.54. The zero-order valence-corrected chi connectivity index (χ0v) is 17.7. The third kappa shape index (κ3) is 5.50. The van der Waals surface area contributed by atoms with Crippen LogP contribution in [-0.4, -0.2) is 25.8 Å². The van der Waals surface area contributed by atoms with Gasteiger partial charge in [0.1, 0.15) is 6.61 Å². The fraction of sp³-hybridized carbons (Fsp3) is 0.238. The van der Waals surface area contributed by atoms with E-state index >= 15 is 0 Å². The number of aryl methyl sites for hydroxylation is 1. The lowest BCUT2D eigenvalue weighted by atomic mass is 9.96. The van der Waals surface area contributed by atoms with Crippen molar-refractivity contribution in [3.63, 3.8) is 0 Å². The first kappa shape index (κ1) is 21.8. The smallest absolute Gasteiger partial charge is 0.254 e. The van der Waals surface area contributed by atoms with E-state index in [1.165, 1.54) is 13.4 Å². The normalized spacial score (nSPS) is 11.9. The summed E-state index contributed by atoms with van der Waals surface area (Å²) in [5, 5.41) is 7.85. The number of hydrogen-bond acceptors (Lipinski definition) is 4. The van der Waals surface area contributed by atoms with Gasteiger partial charge in [-0.1, -0.05) is 46.6 Å². The molecule has 0 radical (unpaired) electrons. The summed E-state index contributed by atoms with van der Waals surface area (Å²) in [5.41, 5.74) is 4.36. The number of halogens is 2. The lowest BCUT2D eigenvalue weighted by Gasteiger charge is -2.14. The third-order valence-corrected chi connectivity index (χ3v) is 4.53. The van der Waals surface area contributed by atoms with Gasteiger partial charge in [0, 0.05) is 28.2 Å². The molecule has 1 amide bonds. The molecule has 0 heterocycles. The van der Waals surface area contributed by atoms with E-state index in [0.717, 1.165) is 22.3 Å². The number of likely N-dealkylation sites (N-methyl/N-ethyl adjacent to an activating group) is 1. The molecule has 0 bridgehead atoms. The highest BCUT2D eigenvalue weighted by atomic mass is 35.5. The Labute approximate surface area is 174 Å². The van der Waals surface area contributed by atoms with Gasteiger partial charge in [0.15, 0.2) is 0 Å². The lowest BCUT2D eigenvalue weighted by molar-refractivity contribution is -0.115. The quantitative estimate of drug-likeness (QED) is 0.297. The van der Waals surface area contributed by atoms with Crippen LogP contribution in [0.15, 0.2) is 47.8 Å². The Hall–Kier alpha value is -2.50. The van der Waals surface area contributed by atoms with Gasteiger partial charge in [0.2, 0.25) is 0 Å². The van der Waals surface area contributed by atoms with Crippen LogP contribution in [0.3, 0.4) is 0 Å². The van der Waals surface area contributed by atoms with Gasteiger partial charge in [0.25, 0.3) is 5.91 Å². The molecule has 0 aliphatic carbocycles. The maximum Gasteiger partial charge on any atom is 0.254 e.